The highest BCUT2D eigenvalue weighted by Crippen LogP contribution is 2.39. The van der Waals surface area contributed by atoms with E-state index in [9.17, 15) is 14.0 Å². The number of thioether (sulfide) groups is 1. The van der Waals surface area contributed by atoms with Gasteiger partial charge in [-0.05, 0) is 45.3 Å². The van der Waals surface area contributed by atoms with Crippen molar-refractivity contribution >= 4 is 36.0 Å². The SMILES string of the molecule is COC(=O)c1ccc(C=C(CSC(C)=O)B2OC(C)(C)C(C)(C)O2)c(F)c1. The standard InChI is InChI=1S/C19H24BFO5S/c1-12(22)27-11-15(20-25-18(2,3)19(4,5)26-20)9-13-7-8-14(10-16(13)21)17(23)24-6/h7-10H,11H2,1-6H3. The number of hydrogen-bond donors (Lipinski definition) is 0. The average molecular weight is 394 g/mol. The lowest BCUT2D eigenvalue weighted by Crippen LogP contribution is -2.41. The van der Waals surface area contributed by atoms with Gasteiger partial charge < -0.3 is 14.0 Å². The van der Waals surface area contributed by atoms with Crippen LogP contribution in [0.25, 0.3) is 6.08 Å². The zero-order chi connectivity index (χ0) is 20.4. The van der Waals surface area contributed by atoms with Gasteiger partial charge >= 0.3 is 13.1 Å². The number of ether oxygens (including phenoxy) is 1. The highest BCUT2D eigenvalue weighted by molar-refractivity contribution is 8.13. The molecule has 1 aromatic carbocycles. The van der Waals surface area contributed by atoms with Crippen LogP contribution in [0.3, 0.4) is 0 Å². The van der Waals surface area contributed by atoms with Gasteiger partial charge in [0, 0.05) is 18.2 Å². The molecule has 0 radical (unpaired) electrons. The quantitative estimate of drug-likeness (QED) is 0.558. The summed E-state index contributed by atoms with van der Waals surface area (Å²) < 4.78 is 31.2. The van der Waals surface area contributed by atoms with Crippen LogP contribution in [0.1, 0.15) is 50.5 Å². The first kappa shape index (κ1) is 21.7. The summed E-state index contributed by atoms with van der Waals surface area (Å²) in [5, 5.41) is -0.0565. The molecule has 0 saturated carbocycles. The summed E-state index contributed by atoms with van der Waals surface area (Å²) in [6.07, 6.45) is 1.61. The van der Waals surface area contributed by atoms with Crippen LogP contribution in [-0.4, -0.2) is 42.3 Å². The van der Waals surface area contributed by atoms with Gasteiger partial charge in [0.1, 0.15) is 5.82 Å². The molecule has 8 heteroatoms. The number of benzene rings is 1. The number of esters is 1. The van der Waals surface area contributed by atoms with Crippen LogP contribution in [0.15, 0.2) is 23.7 Å². The van der Waals surface area contributed by atoms with Crippen molar-refractivity contribution in [3.8, 4) is 0 Å². The lowest BCUT2D eigenvalue weighted by atomic mass is 9.78. The molecule has 0 aliphatic carbocycles. The van der Waals surface area contributed by atoms with Gasteiger partial charge in [0.15, 0.2) is 5.12 Å². The smallest absolute Gasteiger partial charge is 0.465 e. The minimum absolute atomic E-state index is 0.0565. The molecular weight excluding hydrogens is 370 g/mol. The maximum atomic E-state index is 14.5. The van der Waals surface area contributed by atoms with Crippen LogP contribution in [-0.2, 0) is 18.8 Å². The molecule has 27 heavy (non-hydrogen) atoms. The number of hydrogen-bond acceptors (Lipinski definition) is 6. The highest BCUT2D eigenvalue weighted by Gasteiger charge is 2.52. The molecule has 5 nitrogen and oxygen atoms in total. The number of methoxy groups -OCH3 is 1. The van der Waals surface area contributed by atoms with Crippen molar-refractivity contribution in [3.63, 3.8) is 0 Å². The Hall–Kier alpha value is -1.64. The molecule has 1 heterocycles. The van der Waals surface area contributed by atoms with Gasteiger partial charge in [-0.1, -0.05) is 23.9 Å². The van der Waals surface area contributed by atoms with Crippen LogP contribution in [0.4, 0.5) is 4.39 Å². The zero-order valence-electron chi connectivity index (χ0n) is 16.4. The molecule has 1 saturated heterocycles. The van der Waals surface area contributed by atoms with E-state index < -0.39 is 30.1 Å². The van der Waals surface area contributed by atoms with Crippen LogP contribution in [0.2, 0.25) is 0 Å². The van der Waals surface area contributed by atoms with Crippen molar-refractivity contribution in [3.05, 3.63) is 40.6 Å². The van der Waals surface area contributed by atoms with Gasteiger partial charge in [0.25, 0.3) is 0 Å². The lowest BCUT2D eigenvalue weighted by molar-refractivity contribution is -0.109. The third-order valence-corrected chi connectivity index (χ3v) is 5.64. The molecule has 0 N–H and O–H groups in total. The first-order chi connectivity index (χ1) is 12.5. The van der Waals surface area contributed by atoms with Crippen LogP contribution < -0.4 is 0 Å². The van der Waals surface area contributed by atoms with E-state index >= 15 is 0 Å². The second-order valence-corrected chi connectivity index (χ2v) is 8.47. The van der Waals surface area contributed by atoms with Gasteiger partial charge in [-0.25, -0.2) is 9.18 Å². The predicted molar refractivity (Wildman–Crippen MR) is 105 cm³/mol. The van der Waals surface area contributed by atoms with E-state index in [-0.39, 0.29) is 16.2 Å². The summed E-state index contributed by atoms with van der Waals surface area (Å²) in [4.78, 5) is 23.0. The Morgan fingerprint density at radius 2 is 1.81 bits per heavy atom. The Morgan fingerprint density at radius 1 is 1.22 bits per heavy atom. The van der Waals surface area contributed by atoms with E-state index in [4.69, 9.17) is 9.31 Å². The molecule has 1 aliphatic heterocycles. The largest absolute Gasteiger partial charge is 0.491 e. The van der Waals surface area contributed by atoms with Gasteiger partial charge in [-0.2, -0.15) is 0 Å². The fourth-order valence-electron chi connectivity index (χ4n) is 2.45. The van der Waals surface area contributed by atoms with E-state index in [1.54, 1.807) is 6.08 Å². The summed E-state index contributed by atoms with van der Waals surface area (Å²) >= 11 is 1.10. The Kier molecular flexibility index (Phi) is 6.55. The van der Waals surface area contributed by atoms with Crippen LogP contribution >= 0.6 is 11.8 Å². The van der Waals surface area contributed by atoms with Gasteiger partial charge in [-0.15, -0.1) is 0 Å². The first-order valence-corrected chi connectivity index (χ1v) is 9.53. The van der Waals surface area contributed by atoms with Crippen molar-refractivity contribution in [2.24, 2.45) is 0 Å². The maximum Gasteiger partial charge on any atom is 0.491 e. The summed E-state index contributed by atoms with van der Waals surface area (Å²) in [6, 6.07) is 4.10. The third-order valence-electron chi connectivity index (χ3n) is 4.76. The van der Waals surface area contributed by atoms with E-state index in [2.05, 4.69) is 4.74 Å². The molecular formula is C19H24BFO5S. The molecule has 2 rings (SSSR count). The van der Waals surface area contributed by atoms with Crippen LogP contribution in [0, 0.1) is 5.82 Å². The van der Waals surface area contributed by atoms with Crippen molar-refractivity contribution in [2.75, 3.05) is 12.9 Å². The monoisotopic (exact) mass is 394 g/mol. The zero-order valence-corrected chi connectivity index (χ0v) is 17.2. The number of carbonyl (C=O) groups is 2. The third kappa shape index (κ3) is 5.00. The molecule has 0 aromatic heterocycles. The van der Waals surface area contributed by atoms with E-state index in [1.807, 2.05) is 27.7 Å². The van der Waals surface area contributed by atoms with Gasteiger partial charge in [-0.3, -0.25) is 4.79 Å². The van der Waals surface area contributed by atoms with Crippen molar-refractivity contribution < 1.29 is 28.0 Å². The molecule has 0 bridgehead atoms. The van der Waals surface area contributed by atoms with Crippen molar-refractivity contribution in [1.82, 2.24) is 0 Å². The van der Waals surface area contributed by atoms with E-state index in [1.165, 1.54) is 26.2 Å². The second kappa shape index (κ2) is 8.16. The molecule has 1 fully saturated rings. The molecule has 0 spiro atoms. The summed E-state index contributed by atoms with van der Waals surface area (Å²) in [5.41, 5.74) is -0.0619. The topological polar surface area (TPSA) is 61.8 Å². The number of rotatable bonds is 5. The minimum atomic E-state index is -0.693. The summed E-state index contributed by atoms with van der Waals surface area (Å²) in [5.74, 6) is -0.868. The summed E-state index contributed by atoms with van der Waals surface area (Å²) in [7, 11) is 0.546. The highest BCUT2D eigenvalue weighted by atomic mass is 32.2. The fraction of sp³-hybridized carbons (Fsp3) is 0.474. The van der Waals surface area contributed by atoms with Crippen LogP contribution in [0.5, 0.6) is 0 Å². The number of carbonyl (C=O) groups excluding carboxylic acids is 2. The Balaban J connectivity index is 2.37. The lowest BCUT2D eigenvalue weighted by Gasteiger charge is -2.32. The molecule has 0 amide bonds. The fourth-order valence-corrected chi connectivity index (χ4v) is 3.04. The maximum absolute atomic E-state index is 14.5. The first-order valence-electron chi connectivity index (χ1n) is 8.54. The van der Waals surface area contributed by atoms with E-state index in [0.717, 1.165) is 17.8 Å². The molecule has 0 unspecified atom stereocenters. The average Bonchev–Trinajstić information content (AvgIpc) is 2.79. The Morgan fingerprint density at radius 3 is 2.30 bits per heavy atom. The van der Waals surface area contributed by atoms with E-state index in [0.29, 0.717) is 11.2 Å². The normalized spacial score (nSPS) is 18.5. The summed E-state index contributed by atoms with van der Waals surface area (Å²) in [6.45, 7) is 9.17. The molecule has 1 aliphatic rings. The Bertz CT molecular complexity index is 759. The molecule has 146 valence electrons. The molecule has 1 aromatic rings. The minimum Gasteiger partial charge on any atom is -0.465 e. The second-order valence-electron chi connectivity index (χ2n) is 7.32. The van der Waals surface area contributed by atoms with Crippen molar-refractivity contribution in [2.45, 2.75) is 45.8 Å². The number of halogens is 1. The Labute approximate surface area is 163 Å². The van der Waals surface area contributed by atoms with Crippen molar-refractivity contribution in [1.29, 1.82) is 0 Å². The van der Waals surface area contributed by atoms with Gasteiger partial charge in [0.2, 0.25) is 0 Å². The predicted octanol–water partition coefficient (Wildman–Crippen LogP) is 3.91. The van der Waals surface area contributed by atoms with Gasteiger partial charge in [0.05, 0.1) is 23.9 Å². The molecule has 0 atom stereocenters.